The zero-order valence-electron chi connectivity index (χ0n) is 29.4. The van der Waals surface area contributed by atoms with Gasteiger partial charge >= 0.3 is 0 Å². The summed E-state index contributed by atoms with van der Waals surface area (Å²) < 4.78 is 0. The molecule has 0 unspecified atom stereocenters. The molecule has 1 heterocycles. The van der Waals surface area contributed by atoms with Crippen LogP contribution in [0.5, 0.6) is 0 Å². The van der Waals surface area contributed by atoms with Crippen molar-refractivity contribution in [3.8, 4) is 0 Å². The smallest absolute Gasteiger partial charge is 0.0493 e. The first-order valence-corrected chi connectivity index (χ1v) is 38.8. The molecule has 0 nitrogen and oxygen atoms in total. The topological polar surface area (TPSA) is 0 Å². The Bertz CT molecular complexity index is 977. The van der Waals surface area contributed by atoms with E-state index in [4.69, 9.17) is 0 Å². The third-order valence-corrected chi connectivity index (χ3v) is 39.0. The first-order chi connectivity index (χ1) is 17.2. The van der Waals surface area contributed by atoms with Gasteiger partial charge in [-0.2, -0.15) is 5.67 Å². The average molecular weight is 646 g/mol. The molecule has 0 fully saturated rings. The average Bonchev–Trinajstić information content (AvgIpc) is 2.61. The number of rotatable bonds is 10. The van der Waals surface area contributed by atoms with Gasteiger partial charge in [-0.1, -0.05) is 136 Å². The third kappa shape index (κ3) is 8.63. The zero-order chi connectivity index (χ0) is 30.6. The minimum Gasteiger partial charge on any atom is -0.229 e. The van der Waals surface area contributed by atoms with Crippen LogP contribution in [-0.2, 0) is 0 Å². The molecular weight excluding hydrogens is 581 g/mol. The zero-order valence-corrected chi connectivity index (χ0v) is 36.4. The van der Waals surface area contributed by atoms with Crippen LogP contribution in [0.15, 0.2) is 24.3 Å². The Kier molecular flexibility index (Phi) is 10.6. The van der Waals surface area contributed by atoms with Crippen molar-refractivity contribution in [3.63, 3.8) is 0 Å². The van der Waals surface area contributed by atoms with Gasteiger partial charge in [0, 0.05) is 56.9 Å². The predicted octanol–water partition coefficient (Wildman–Crippen LogP) is 10.1. The van der Waals surface area contributed by atoms with Gasteiger partial charge in [0.25, 0.3) is 0 Å². The maximum absolute atomic E-state index is 2.89. The van der Waals surface area contributed by atoms with E-state index in [1.807, 2.05) is 16.3 Å². The summed E-state index contributed by atoms with van der Waals surface area (Å²) in [6, 6.07) is 7.03. The van der Waals surface area contributed by atoms with Gasteiger partial charge in [0.1, 0.15) is 0 Å². The number of allylic oxidation sites excluding steroid dienone is 2. The highest BCUT2D eigenvalue weighted by Gasteiger charge is 2.46. The second kappa shape index (κ2) is 11.7. The predicted molar refractivity (Wildman–Crippen MR) is 204 cm³/mol. The molecule has 0 saturated heterocycles. The van der Waals surface area contributed by atoms with Crippen LogP contribution in [0.25, 0.3) is 0 Å². The van der Waals surface area contributed by atoms with E-state index in [9.17, 15) is 0 Å². The van der Waals surface area contributed by atoms with E-state index in [1.54, 1.807) is 5.56 Å². The summed E-state index contributed by atoms with van der Waals surface area (Å²) in [5, 5.41) is 4.27. The fourth-order valence-electron chi connectivity index (χ4n) is 9.17. The Hall–Kier alpha value is 0.218. The maximum Gasteiger partial charge on any atom is 0.0493 e. The Labute approximate surface area is 253 Å². The second-order valence-corrected chi connectivity index (χ2v) is 55.0. The molecule has 0 spiro atoms. The van der Waals surface area contributed by atoms with Crippen molar-refractivity contribution >= 4 is 67.7 Å². The molecule has 222 valence electrons. The van der Waals surface area contributed by atoms with Gasteiger partial charge in [0.2, 0.25) is 0 Å². The molecule has 1 aromatic rings. The Balaban J connectivity index is 3.30. The second-order valence-electron chi connectivity index (χ2n) is 19.1. The molecule has 39 heavy (non-hydrogen) atoms. The standard InChI is InChI=1S/C32H65Si7/c1-34(2,3)30(35(4,5)6)26-24-27(31(36(7,8)9)37(10,11)12)29(33-22-20-19-21-23-33)28(25-26)32(38(13,14)15)39(16,17)18/h19-22,24-25,30-32H,23H2,1-18H3/q-1. The molecule has 0 N–H and O–H groups in total. The van der Waals surface area contributed by atoms with Crippen molar-refractivity contribution in [2.45, 2.75) is 139 Å². The van der Waals surface area contributed by atoms with Crippen LogP contribution in [-0.4, -0.2) is 62.5 Å². The normalized spacial score (nSPS) is 16.3. The summed E-state index contributed by atoms with van der Waals surface area (Å²) in [5.41, 5.74) is 8.15. The highest BCUT2D eigenvalue weighted by Crippen LogP contribution is 2.44. The molecule has 0 saturated carbocycles. The fourth-order valence-corrected chi connectivity index (χ4v) is 50.3. The van der Waals surface area contributed by atoms with Crippen molar-refractivity contribution in [1.29, 1.82) is 0 Å². The van der Waals surface area contributed by atoms with Gasteiger partial charge in [-0.25, -0.2) is 18.6 Å². The van der Waals surface area contributed by atoms with E-state index in [-0.39, 0.29) is 0 Å². The SMILES string of the molecule is C[Si](C)(C)C(c1cc(C([Si](C)(C)C)[Si](C)(C)C)c([Si]2=C[CH-]C=CC2)c(C([Si](C)(C)C)[Si](C)(C)C)c1)[Si](C)(C)C. The lowest BCUT2D eigenvalue weighted by Gasteiger charge is -2.46. The molecule has 0 amide bonds. The highest BCUT2D eigenvalue weighted by atomic mass is 28.4. The van der Waals surface area contributed by atoms with Gasteiger partial charge in [-0.15, -0.1) is 0 Å². The minimum atomic E-state index is -1.48. The first kappa shape index (κ1) is 35.4. The van der Waals surface area contributed by atoms with Crippen LogP contribution < -0.4 is 5.19 Å². The van der Waals surface area contributed by atoms with Crippen molar-refractivity contribution in [2.24, 2.45) is 0 Å². The maximum atomic E-state index is 2.89. The van der Waals surface area contributed by atoms with E-state index in [2.05, 4.69) is 154 Å². The van der Waals surface area contributed by atoms with E-state index in [1.165, 1.54) is 6.04 Å². The van der Waals surface area contributed by atoms with Crippen molar-refractivity contribution in [1.82, 2.24) is 0 Å². The fraction of sp³-hybridized carbons (Fsp3) is 0.688. The molecule has 0 aromatic heterocycles. The quantitative estimate of drug-likeness (QED) is 0.175. The third-order valence-electron chi connectivity index (χ3n) is 8.58. The van der Waals surface area contributed by atoms with Gasteiger partial charge in [0.15, 0.2) is 0 Å². The van der Waals surface area contributed by atoms with Crippen LogP contribution in [0, 0.1) is 6.42 Å². The Morgan fingerprint density at radius 3 is 1.13 bits per heavy atom. The van der Waals surface area contributed by atoms with Crippen molar-refractivity contribution in [2.75, 3.05) is 0 Å². The van der Waals surface area contributed by atoms with Gasteiger partial charge in [0.05, 0.1) is 0 Å². The van der Waals surface area contributed by atoms with E-state index in [0.717, 1.165) is 15.5 Å². The molecular formula is C32H65Si7-. The van der Waals surface area contributed by atoms with Gasteiger partial charge < -0.3 is 0 Å². The summed E-state index contributed by atoms with van der Waals surface area (Å²) in [4.78, 5) is 0. The summed E-state index contributed by atoms with van der Waals surface area (Å²) in [7, 11) is -9.54. The Morgan fingerprint density at radius 1 is 0.538 bits per heavy atom. The van der Waals surface area contributed by atoms with Crippen LogP contribution >= 0.6 is 0 Å². The summed E-state index contributed by atoms with van der Waals surface area (Å²) in [6.45, 7) is 48.2. The first-order valence-electron chi connectivity index (χ1n) is 15.6. The van der Waals surface area contributed by atoms with Gasteiger partial charge in [-0.05, 0) is 37.4 Å². The molecule has 1 aliphatic rings. The van der Waals surface area contributed by atoms with E-state index >= 15 is 0 Å². The molecule has 0 bridgehead atoms. The van der Waals surface area contributed by atoms with Gasteiger partial charge in [-0.3, -0.25) is 0 Å². The van der Waals surface area contributed by atoms with Crippen molar-refractivity contribution in [3.05, 3.63) is 47.4 Å². The summed E-state index contributed by atoms with van der Waals surface area (Å²) in [5.74, 6) is 0. The number of hydrogen-bond donors (Lipinski definition) is 0. The largest absolute Gasteiger partial charge is 0.229 e. The Morgan fingerprint density at radius 2 is 0.872 bits per heavy atom. The molecule has 0 atom stereocenters. The lowest BCUT2D eigenvalue weighted by Crippen LogP contribution is -2.54. The molecule has 7 heteroatoms. The molecule has 0 radical (unpaired) electrons. The molecule has 2 rings (SSSR count). The van der Waals surface area contributed by atoms with Crippen LogP contribution in [0.2, 0.25) is 124 Å². The van der Waals surface area contributed by atoms with E-state index in [0.29, 0.717) is 0 Å². The number of hydrogen-bond acceptors (Lipinski definition) is 0. The molecule has 0 aliphatic carbocycles. The number of benzene rings is 1. The van der Waals surface area contributed by atoms with Crippen LogP contribution in [0.3, 0.4) is 0 Å². The summed E-state index contributed by atoms with van der Waals surface area (Å²) in [6.07, 6.45) is 7.18. The van der Waals surface area contributed by atoms with Crippen LogP contribution in [0.1, 0.15) is 32.2 Å². The lowest BCUT2D eigenvalue weighted by atomic mass is 10.1. The summed E-state index contributed by atoms with van der Waals surface area (Å²) >= 11 is 0. The molecule has 1 aliphatic heterocycles. The molecule has 1 aromatic carbocycles. The van der Waals surface area contributed by atoms with Crippen molar-refractivity contribution < 1.29 is 0 Å². The van der Waals surface area contributed by atoms with E-state index < -0.39 is 56.9 Å². The highest BCUT2D eigenvalue weighted by molar-refractivity contribution is 6.98. The van der Waals surface area contributed by atoms with Crippen LogP contribution in [0.4, 0.5) is 0 Å². The minimum absolute atomic E-state index is 0.780. The monoisotopic (exact) mass is 645 g/mol. The lowest BCUT2D eigenvalue weighted by molar-refractivity contribution is 1.10.